The number of carbonyl (C=O) groups is 1. The van der Waals surface area contributed by atoms with Crippen molar-refractivity contribution in [1.82, 2.24) is 0 Å². The molecule has 0 bridgehead atoms. The van der Waals surface area contributed by atoms with Crippen molar-refractivity contribution in [2.45, 2.75) is 38.2 Å². The van der Waals surface area contributed by atoms with Gasteiger partial charge < -0.3 is 9.84 Å². The summed E-state index contributed by atoms with van der Waals surface area (Å²) >= 11 is 0. The van der Waals surface area contributed by atoms with Crippen molar-refractivity contribution in [3.8, 4) is 0 Å². The number of carboxylic acids is 1. The van der Waals surface area contributed by atoms with Crippen LogP contribution in [-0.4, -0.2) is 23.3 Å². The zero-order valence-electron chi connectivity index (χ0n) is 6.80. The van der Waals surface area contributed by atoms with Crippen LogP contribution in [-0.2, 0) is 9.53 Å². The molecule has 0 atom stereocenters. The smallest absolute Gasteiger partial charge is 0.305 e. The molecule has 0 heterocycles. The third-order valence-corrected chi connectivity index (χ3v) is 2.18. The minimum Gasteiger partial charge on any atom is -0.481 e. The second-order valence-corrected chi connectivity index (χ2v) is 3.03. The summed E-state index contributed by atoms with van der Waals surface area (Å²) in [6, 6.07) is 0. The van der Waals surface area contributed by atoms with Crippen LogP contribution in [0.3, 0.4) is 0 Å². The molecule has 0 spiro atoms. The molecule has 0 aromatic carbocycles. The van der Waals surface area contributed by atoms with E-state index < -0.39 is 5.97 Å². The van der Waals surface area contributed by atoms with E-state index in [2.05, 4.69) is 6.92 Å². The van der Waals surface area contributed by atoms with E-state index in [0.717, 1.165) is 19.3 Å². The van der Waals surface area contributed by atoms with Gasteiger partial charge in [-0.15, -0.1) is 0 Å². The second-order valence-electron chi connectivity index (χ2n) is 3.03. The van der Waals surface area contributed by atoms with E-state index in [-0.39, 0.29) is 12.0 Å². The highest BCUT2D eigenvalue weighted by atomic mass is 16.5. The van der Waals surface area contributed by atoms with E-state index in [9.17, 15) is 4.79 Å². The number of carboxylic acid groups (broad SMARTS) is 1. The Morgan fingerprint density at radius 3 is 2.64 bits per heavy atom. The van der Waals surface area contributed by atoms with Gasteiger partial charge in [-0.25, -0.2) is 0 Å². The summed E-state index contributed by atoms with van der Waals surface area (Å²) in [6.45, 7) is 2.44. The summed E-state index contributed by atoms with van der Waals surface area (Å²) in [5, 5.41) is 8.32. The lowest BCUT2D eigenvalue weighted by Gasteiger charge is -2.12. The van der Waals surface area contributed by atoms with Crippen molar-refractivity contribution in [2.24, 2.45) is 0 Å². The van der Waals surface area contributed by atoms with Crippen molar-refractivity contribution < 1.29 is 14.6 Å². The van der Waals surface area contributed by atoms with Crippen LogP contribution in [0.2, 0.25) is 0 Å². The first-order valence-electron chi connectivity index (χ1n) is 4.04. The monoisotopic (exact) mass is 158 g/mol. The SMILES string of the molecule is CCC1(OCCC(=O)O)CC1. The van der Waals surface area contributed by atoms with Crippen LogP contribution in [0.4, 0.5) is 0 Å². The number of aliphatic carboxylic acids is 1. The van der Waals surface area contributed by atoms with Gasteiger partial charge in [-0.1, -0.05) is 6.92 Å². The third-order valence-electron chi connectivity index (χ3n) is 2.18. The first-order valence-corrected chi connectivity index (χ1v) is 4.04. The molecule has 0 amide bonds. The first-order chi connectivity index (χ1) is 5.18. The zero-order valence-corrected chi connectivity index (χ0v) is 6.80. The molecule has 1 aliphatic carbocycles. The Morgan fingerprint density at radius 2 is 2.27 bits per heavy atom. The molecule has 11 heavy (non-hydrogen) atoms. The molecule has 1 rings (SSSR count). The maximum atomic E-state index is 10.1. The molecule has 1 N–H and O–H groups in total. The van der Waals surface area contributed by atoms with Gasteiger partial charge in [0.25, 0.3) is 0 Å². The largest absolute Gasteiger partial charge is 0.481 e. The molecule has 1 fully saturated rings. The van der Waals surface area contributed by atoms with Gasteiger partial charge in [0.05, 0.1) is 18.6 Å². The van der Waals surface area contributed by atoms with Gasteiger partial charge in [0, 0.05) is 0 Å². The normalized spacial score (nSPS) is 19.7. The minimum absolute atomic E-state index is 0.0649. The van der Waals surface area contributed by atoms with Crippen molar-refractivity contribution in [2.75, 3.05) is 6.61 Å². The summed E-state index contributed by atoms with van der Waals surface area (Å²) in [6.07, 6.45) is 3.33. The van der Waals surface area contributed by atoms with Gasteiger partial charge in [0.2, 0.25) is 0 Å². The molecule has 0 saturated heterocycles. The van der Waals surface area contributed by atoms with Crippen molar-refractivity contribution >= 4 is 5.97 Å². The fraction of sp³-hybridized carbons (Fsp3) is 0.875. The fourth-order valence-corrected chi connectivity index (χ4v) is 1.09. The fourth-order valence-electron chi connectivity index (χ4n) is 1.09. The molecule has 0 aromatic rings. The second kappa shape index (κ2) is 3.22. The Hall–Kier alpha value is -0.570. The number of hydrogen-bond acceptors (Lipinski definition) is 2. The Morgan fingerprint density at radius 1 is 1.64 bits per heavy atom. The highest BCUT2D eigenvalue weighted by Gasteiger charge is 2.41. The zero-order chi connectivity index (χ0) is 8.32. The molecular weight excluding hydrogens is 144 g/mol. The van der Waals surface area contributed by atoms with E-state index in [0.29, 0.717) is 6.61 Å². The van der Waals surface area contributed by atoms with Crippen molar-refractivity contribution in [1.29, 1.82) is 0 Å². The lowest BCUT2D eigenvalue weighted by molar-refractivity contribution is -0.138. The summed E-state index contributed by atoms with van der Waals surface area (Å²) in [5.41, 5.74) is 0.0649. The Bertz CT molecular complexity index is 149. The topological polar surface area (TPSA) is 46.5 Å². The van der Waals surface area contributed by atoms with Crippen LogP contribution in [0, 0.1) is 0 Å². The van der Waals surface area contributed by atoms with Gasteiger partial charge in [-0.05, 0) is 19.3 Å². The molecule has 0 aromatic heterocycles. The van der Waals surface area contributed by atoms with Crippen molar-refractivity contribution in [3.63, 3.8) is 0 Å². The third kappa shape index (κ3) is 2.50. The molecule has 0 radical (unpaired) electrons. The quantitative estimate of drug-likeness (QED) is 0.658. The molecule has 0 unspecified atom stereocenters. The number of ether oxygens (including phenoxy) is 1. The van der Waals surface area contributed by atoms with Crippen LogP contribution >= 0.6 is 0 Å². The average Bonchev–Trinajstić information content (AvgIpc) is 2.69. The van der Waals surface area contributed by atoms with E-state index in [1.165, 1.54) is 0 Å². The summed E-state index contributed by atoms with van der Waals surface area (Å²) in [7, 11) is 0. The Balaban J connectivity index is 2.07. The van der Waals surface area contributed by atoms with Crippen LogP contribution in [0.25, 0.3) is 0 Å². The predicted molar refractivity (Wildman–Crippen MR) is 40.5 cm³/mol. The van der Waals surface area contributed by atoms with Gasteiger partial charge in [-0.3, -0.25) is 4.79 Å². The predicted octanol–water partition coefficient (Wildman–Crippen LogP) is 1.42. The van der Waals surface area contributed by atoms with Crippen LogP contribution < -0.4 is 0 Å². The Labute approximate surface area is 66.4 Å². The first kappa shape index (κ1) is 8.53. The lowest BCUT2D eigenvalue weighted by atomic mass is 10.2. The minimum atomic E-state index is -0.781. The maximum Gasteiger partial charge on any atom is 0.305 e. The molecular formula is C8H14O3. The van der Waals surface area contributed by atoms with E-state index >= 15 is 0 Å². The molecule has 3 heteroatoms. The molecule has 1 saturated carbocycles. The van der Waals surface area contributed by atoms with E-state index in [4.69, 9.17) is 9.84 Å². The average molecular weight is 158 g/mol. The van der Waals surface area contributed by atoms with Crippen molar-refractivity contribution in [3.05, 3.63) is 0 Å². The number of hydrogen-bond donors (Lipinski definition) is 1. The van der Waals surface area contributed by atoms with Gasteiger partial charge in [-0.2, -0.15) is 0 Å². The highest BCUT2D eigenvalue weighted by Crippen LogP contribution is 2.42. The summed E-state index contributed by atoms with van der Waals surface area (Å²) in [5.74, 6) is -0.781. The standard InChI is InChI=1S/C8H14O3/c1-2-8(4-5-8)11-6-3-7(9)10/h2-6H2,1H3,(H,9,10). The van der Waals surface area contributed by atoms with Gasteiger partial charge in [0.15, 0.2) is 0 Å². The van der Waals surface area contributed by atoms with Crippen LogP contribution in [0.15, 0.2) is 0 Å². The van der Waals surface area contributed by atoms with Gasteiger partial charge in [0.1, 0.15) is 0 Å². The molecule has 1 aliphatic rings. The maximum absolute atomic E-state index is 10.1. The van der Waals surface area contributed by atoms with E-state index in [1.54, 1.807) is 0 Å². The summed E-state index contributed by atoms with van der Waals surface area (Å²) < 4.78 is 5.42. The van der Waals surface area contributed by atoms with E-state index in [1.807, 2.05) is 0 Å². The molecule has 0 aliphatic heterocycles. The molecule has 64 valence electrons. The lowest BCUT2D eigenvalue weighted by Crippen LogP contribution is -2.15. The Kier molecular flexibility index (Phi) is 2.49. The molecule has 3 nitrogen and oxygen atoms in total. The van der Waals surface area contributed by atoms with Gasteiger partial charge >= 0.3 is 5.97 Å². The van der Waals surface area contributed by atoms with Crippen LogP contribution in [0.5, 0.6) is 0 Å². The highest BCUT2D eigenvalue weighted by molar-refractivity contribution is 5.66. The number of rotatable bonds is 5. The summed E-state index contributed by atoms with van der Waals surface area (Å²) in [4.78, 5) is 10.1. The van der Waals surface area contributed by atoms with Crippen LogP contribution in [0.1, 0.15) is 32.6 Å².